The van der Waals surface area contributed by atoms with Crippen molar-refractivity contribution >= 4 is 11.6 Å². The Morgan fingerprint density at radius 2 is 2.21 bits per heavy atom. The molecule has 0 saturated carbocycles. The van der Waals surface area contributed by atoms with Crippen LogP contribution in [0.5, 0.6) is 0 Å². The molecule has 1 aliphatic heterocycles. The van der Waals surface area contributed by atoms with E-state index in [-0.39, 0.29) is 17.8 Å². The van der Waals surface area contributed by atoms with Crippen LogP contribution in [0.2, 0.25) is 0 Å². The number of benzene rings is 1. The van der Waals surface area contributed by atoms with Gasteiger partial charge in [-0.2, -0.15) is 0 Å². The lowest BCUT2D eigenvalue weighted by atomic mass is 10.0. The van der Waals surface area contributed by atoms with E-state index >= 15 is 0 Å². The molecule has 6 heteroatoms. The highest BCUT2D eigenvalue weighted by atomic mass is 19.1. The average molecular weight is 338 g/mol. The molecule has 1 aromatic carbocycles. The molecule has 1 fully saturated rings. The highest BCUT2D eigenvalue weighted by molar-refractivity contribution is 5.76. The number of rotatable bonds is 8. The van der Waals surface area contributed by atoms with Gasteiger partial charge in [0.2, 0.25) is 5.91 Å². The first kappa shape index (κ1) is 18.7. The number of ether oxygens (including phenoxy) is 2. The van der Waals surface area contributed by atoms with Gasteiger partial charge in [-0.05, 0) is 43.5 Å². The van der Waals surface area contributed by atoms with Crippen LogP contribution in [0.25, 0.3) is 0 Å². The van der Waals surface area contributed by atoms with Crippen molar-refractivity contribution < 1.29 is 18.7 Å². The summed E-state index contributed by atoms with van der Waals surface area (Å²) in [6, 6.07) is 4.98. The molecular weight excluding hydrogens is 311 g/mol. The molecule has 1 aromatic rings. The van der Waals surface area contributed by atoms with Crippen LogP contribution in [-0.2, 0) is 14.3 Å². The summed E-state index contributed by atoms with van der Waals surface area (Å²) in [6.07, 6.45) is 2.33. The zero-order chi connectivity index (χ0) is 17.4. The first-order valence-corrected chi connectivity index (χ1v) is 8.47. The van der Waals surface area contributed by atoms with Gasteiger partial charge in [0.15, 0.2) is 0 Å². The van der Waals surface area contributed by atoms with Crippen LogP contribution < -0.4 is 10.2 Å². The third-order valence-corrected chi connectivity index (χ3v) is 4.19. The smallest absolute Gasteiger partial charge is 0.222 e. The molecule has 5 nitrogen and oxygen atoms in total. The molecule has 0 bridgehead atoms. The van der Waals surface area contributed by atoms with Crippen LogP contribution in [0.3, 0.4) is 0 Å². The predicted molar refractivity (Wildman–Crippen MR) is 91.8 cm³/mol. The number of amides is 1. The molecule has 2 rings (SSSR count). The lowest BCUT2D eigenvalue weighted by molar-refractivity contribution is -0.123. The number of nitrogens with zero attached hydrogens (tertiary/aromatic N) is 1. The molecule has 0 aromatic heterocycles. The minimum absolute atomic E-state index is 0.00935. The zero-order valence-electron chi connectivity index (χ0n) is 14.5. The van der Waals surface area contributed by atoms with Crippen LogP contribution in [0.15, 0.2) is 18.2 Å². The predicted octanol–water partition coefficient (Wildman–Crippen LogP) is 2.27. The van der Waals surface area contributed by atoms with Gasteiger partial charge in [-0.25, -0.2) is 4.39 Å². The third-order valence-electron chi connectivity index (χ3n) is 4.19. The fraction of sp³-hybridized carbons (Fsp3) is 0.611. The fourth-order valence-corrected chi connectivity index (χ4v) is 3.00. The molecule has 1 saturated heterocycles. The highest BCUT2D eigenvalue weighted by Gasteiger charge is 2.22. The van der Waals surface area contributed by atoms with Crippen molar-refractivity contribution in [1.29, 1.82) is 0 Å². The van der Waals surface area contributed by atoms with Crippen molar-refractivity contribution in [2.75, 3.05) is 44.9 Å². The number of piperidine rings is 1. The molecule has 1 heterocycles. The van der Waals surface area contributed by atoms with Crippen LogP contribution in [0, 0.1) is 12.7 Å². The maximum atomic E-state index is 13.3. The van der Waals surface area contributed by atoms with Crippen molar-refractivity contribution in [3.8, 4) is 0 Å². The quantitative estimate of drug-likeness (QED) is 0.739. The lowest BCUT2D eigenvalue weighted by Gasteiger charge is -2.35. The van der Waals surface area contributed by atoms with E-state index in [4.69, 9.17) is 9.47 Å². The van der Waals surface area contributed by atoms with Gasteiger partial charge < -0.3 is 19.7 Å². The summed E-state index contributed by atoms with van der Waals surface area (Å²) in [4.78, 5) is 14.2. The van der Waals surface area contributed by atoms with Crippen molar-refractivity contribution in [3.05, 3.63) is 29.6 Å². The second-order valence-electron chi connectivity index (χ2n) is 6.14. The Morgan fingerprint density at radius 1 is 1.38 bits per heavy atom. The largest absolute Gasteiger partial charge is 0.382 e. The number of anilines is 1. The van der Waals surface area contributed by atoms with Crippen LogP contribution in [-0.4, -0.2) is 52.0 Å². The summed E-state index contributed by atoms with van der Waals surface area (Å²) in [5.74, 6) is -0.207. The van der Waals surface area contributed by atoms with Crippen molar-refractivity contribution in [3.63, 3.8) is 0 Å². The summed E-state index contributed by atoms with van der Waals surface area (Å²) in [6.45, 7) is 5.05. The summed E-state index contributed by atoms with van der Waals surface area (Å²) in [5, 5.41) is 3.07. The number of hydrogen-bond donors (Lipinski definition) is 1. The molecule has 134 valence electrons. The van der Waals surface area contributed by atoms with Crippen LogP contribution in [0.4, 0.5) is 10.1 Å². The molecule has 24 heavy (non-hydrogen) atoms. The third kappa shape index (κ3) is 5.76. The van der Waals surface area contributed by atoms with Crippen LogP contribution >= 0.6 is 0 Å². The van der Waals surface area contributed by atoms with Gasteiger partial charge in [0, 0.05) is 38.3 Å². The van der Waals surface area contributed by atoms with Gasteiger partial charge in [0.25, 0.3) is 0 Å². The standard InChI is InChI=1S/C18H27FN2O3/c1-14-12-15(19)5-6-17(14)21-8-3-4-16(13-21)20-18(22)7-9-24-11-10-23-2/h5-6,12,16H,3-4,7-11,13H2,1-2H3,(H,20,22). The van der Waals surface area contributed by atoms with Gasteiger partial charge in [0.05, 0.1) is 19.8 Å². The van der Waals surface area contributed by atoms with E-state index in [9.17, 15) is 9.18 Å². The molecule has 1 atom stereocenters. The van der Waals surface area contributed by atoms with Crippen LogP contribution in [0.1, 0.15) is 24.8 Å². The van der Waals surface area contributed by atoms with Gasteiger partial charge >= 0.3 is 0 Å². The molecule has 0 spiro atoms. The van der Waals surface area contributed by atoms with E-state index in [0.717, 1.165) is 37.2 Å². The molecular formula is C18H27FN2O3. The van der Waals surface area contributed by atoms with Gasteiger partial charge in [-0.15, -0.1) is 0 Å². The number of hydrogen-bond acceptors (Lipinski definition) is 4. The average Bonchev–Trinajstić information content (AvgIpc) is 2.55. The van der Waals surface area contributed by atoms with Gasteiger partial charge in [-0.3, -0.25) is 4.79 Å². The second-order valence-corrected chi connectivity index (χ2v) is 6.14. The van der Waals surface area contributed by atoms with E-state index in [1.54, 1.807) is 13.2 Å². The lowest BCUT2D eigenvalue weighted by Crippen LogP contribution is -2.48. The number of carbonyl (C=O) groups is 1. The molecule has 1 amide bonds. The number of nitrogens with one attached hydrogen (secondary N) is 1. The molecule has 1 N–H and O–H groups in total. The van der Waals surface area contributed by atoms with Crippen molar-refractivity contribution in [2.24, 2.45) is 0 Å². The number of halogens is 1. The summed E-state index contributed by atoms with van der Waals surface area (Å²) in [5.41, 5.74) is 1.96. The van der Waals surface area contributed by atoms with E-state index in [0.29, 0.717) is 26.2 Å². The Labute approximate surface area is 143 Å². The Hall–Kier alpha value is -1.66. The zero-order valence-corrected chi connectivity index (χ0v) is 14.5. The normalized spacial score (nSPS) is 17.8. The topological polar surface area (TPSA) is 50.8 Å². The van der Waals surface area contributed by atoms with E-state index in [1.165, 1.54) is 6.07 Å². The molecule has 1 aliphatic rings. The number of aryl methyl sites for hydroxylation is 1. The molecule has 1 unspecified atom stereocenters. The SMILES string of the molecule is COCCOCCC(=O)NC1CCCN(c2ccc(F)cc2C)C1. The minimum atomic E-state index is -0.216. The first-order valence-electron chi connectivity index (χ1n) is 8.47. The molecule has 0 aliphatic carbocycles. The Morgan fingerprint density at radius 3 is 2.96 bits per heavy atom. The van der Waals surface area contributed by atoms with E-state index in [1.807, 2.05) is 13.0 Å². The minimum Gasteiger partial charge on any atom is -0.382 e. The monoisotopic (exact) mass is 338 g/mol. The Bertz CT molecular complexity index is 539. The second kappa shape index (κ2) is 9.59. The Kier molecular flexibility index (Phi) is 7.46. The van der Waals surface area contributed by atoms with Crippen molar-refractivity contribution in [2.45, 2.75) is 32.2 Å². The maximum absolute atomic E-state index is 13.3. The summed E-state index contributed by atoms with van der Waals surface area (Å²) in [7, 11) is 1.62. The Balaban J connectivity index is 1.79. The van der Waals surface area contributed by atoms with Crippen molar-refractivity contribution in [1.82, 2.24) is 5.32 Å². The van der Waals surface area contributed by atoms with Gasteiger partial charge in [0.1, 0.15) is 5.82 Å². The van der Waals surface area contributed by atoms with Gasteiger partial charge in [-0.1, -0.05) is 0 Å². The number of methoxy groups -OCH3 is 1. The summed E-state index contributed by atoms with van der Waals surface area (Å²) < 4.78 is 23.5. The highest BCUT2D eigenvalue weighted by Crippen LogP contribution is 2.24. The first-order chi connectivity index (χ1) is 11.6. The molecule has 0 radical (unpaired) electrons. The fourth-order valence-electron chi connectivity index (χ4n) is 3.00. The maximum Gasteiger partial charge on any atom is 0.222 e. The van der Waals surface area contributed by atoms with E-state index < -0.39 is 0 Å². The van der Waals surface area contributed by atoms with E-state index in [2.05, 4.69) is 10.2 Å². The number of carbonyl (C=O) groups excluding carboxylic acids is 1. The summed E-state index contributed by atoms with van der Waals surface area (Å²) >= 11 is 0.